The predicted octanol–water partition coefficient (Wildman–Crippen LogP) is 1.06. The molecule has 0 fully saturated rings. The van der Waals surface area contributed by atoms with Crippen LogP contribution in [0.25, 0.3) is 5.00 Å². The third-order valence-electron chi connectivity index (χ3n) is 5.70. The molecule has 32 heavy (non-hydrogen) atoms. The molecule has 5 rings (SSSR count). The van der Waals surface area contributed by atoms with Crippen molar-refractivity contribution in [2.75, 3.05) is 16.4 Å². The summed E-state index contributed by atoms with van der Waals surface area (Å²) in [6.07, 6.45) is 1.40. The minimum absolute atomic E-state index is 0.0919. The number of rotatable bonds is 6. The average Bonchev–Trinajstić information content (AvgIpc) is 3.44. The van der Waals surface area contributed by atoms with Crippen LogP contribution in [0.4, 0.5) is 5.95 Å². The van der Waals surface area contributed by atoms with Crippen LogP contribution in [0.1, 0.15) is 42.4 Å². The number of hydrogen-bond acceptors (Lipinski definition) is 11. The molecular weight excluding hydrogens is 472 g/mol. The second kappa shape index (κ2) is 7.93. The van der Waals surface area contributed by atoms with Gasteiger partial charge in [-0.1, -0.05) is 30.4 Å². The molecule has 14 heteroatoms. The van der Waals surface area contributed by atoms with Gasteiger partial charge in [-0.2, -0.15) is 5.10 Å². The summed E-state index contributed by atoms with van der Waals surface area (Å²) in [5.41, 5.74) is 16.0. The number of amides is 2. The molecule has 0 radical (unpaired) electrons. The number of hydrogen-bond donors (Lipinski definition) is 3. The molecule has 0 bridgehead atoms. The highest BCUT2D eigenvalue weighted by Gasteiger charge is 2.46. The van der Waals surface area contributed by atoms with Crippen LogP contribution in [0.15, 0.2) is 10.3 Å². The van der Waals surface area contributed by atoms with E-state index in [2.05, 4.69) is 34.6 Å². The molecule has 11 nitrogen and oxygen atoms in total. The Hall–Kier alpha value is -2.29. The Morgan fingerprint density at radius 1 is 1.28 bits per heavy atom. The normalized spacial score (nSPS) is 23.0. The van der Waals surface area contributed by atoms with Gasteiger partial charge in [-0.05, 0) is 18.9 Å². The highest BCUT2D eigenvalue weighted by atomic mass is 32.2. The van der Waals surface area contributed by atoms with Crippen LogP contribution in [0.2, 0.25) is 0 Å². The summed E-state index contributed by atoms with van der Waals surface area (Å²) in [5, 5.41) is 15.3. The van der Waals surface area contributed by atoms with E-state index in [0.29, 0.717) is 22.9 Å². The van der Waals surface area contributed by atoms with Crippen LogP contribution >= 0.6 is 34.9 Å². The topological polar surface area (TPSA) is 154 Å². The Morgan fingerprint density at radius 3 is 2.75 bits per heavy atom. The van der Waals surface area contributed by atoms with Crippen LogP contribution in [-0.2, 0) is 27.4 Å². The summed E-state index contributed by atoms with van der Waals surface area (Å²) < 4.78 is 8.12. The lowest BCUT2D eigenvalue weighted by molar-refractivity contribution is -0.116. The van der Waals surface area contributed by atoms with Crippen molar-refractivity contribution in [3.05, 3.63) is 16.0 Å². The van der Waals surface area contributed by atoms with Crippen LogP contribution < -0.4 is 21.8 Å². The first-order chi connectivity index (χ1) is 15.3. The number of carbonyl (C=O) groups is 2. The third kappa shape index (κ3) is 3.45. The highest BCUT2D eigenvalue weighted by molar-refractivity contribution is 8.14. The zero-order chi connectivity index (χ0) is 22.6. The Labute approximate surface area is 196 Å². The van der Waals surface area contributed by atoms with Gasteiger partial charge in [0.1, 0.15) is 5.00 Å². The summed E-state index contributed by atoms with van der Waals surface area (Å²) in [4.78, 5) is 25.9. The summed E-state index contributed by atoms with van der Waals surface area (Å²) in [6, 6.07) is 0. The second-order valence-electron chi connectivity index (χ2n) is 7.92. The minimum Gasteiger partial charge on any atom is -0.369 e. The van der Waals surface area contributed by atoms with E-state index in [9.17, 15) is 9.59 Å². The summed E-state index contributed by atoms with van der Waals surface area (Å²) in [5.74, 6) is -0.109. The average molecular weight is 495 g/mol. The monoisotopic (exact) mass is 494 g/mol. The molecule has 2 atom stereocenters. The first kappa shape index (κ1) is 21.6. The largest absolute Gasteiger partial charge is 0.369 e. The number of carbonyl (C=O) groups excluding carboxylic acids is 2. The number of anilines is 1. The molecule has 2 aromatic rings. The molecular formula is C18H22N8O3S3. The SMILES string of the molecule is CC[C@@]1(C)Cc2c(sc3c2C2NN=C(SCC(N)=O)N2c2nnc(SCC(N)=O)n2-3)CO1. The van der Waals surface area contributed by atoms with Gasteiger partial charge in [-0.15, -0.1) is 21.5 Å². The van der Waals surface area contributed by atoms with Gasteiger partial charge in [0.2, 0.25) is 17.8 Å². The minimum atomic E-state index is -0.430. The van der Waals surface area contributed by atoms with Gasteiger partial charge >= 0.3 is 0 Å². The molecule has 5 N–H and O–H groups in total. The fourth-order valence-corrected chi connectivity index (χ4v) is 6.66. The van der Waals surface area contributed by atoms with E-state index >= 15 is 0 Å². The number of nitrogens with one attached hydrogen (secondary N) is 1. The van der Waals surface area contributed by atoms with E-state index in [4.69, 9.17) is 16.2 Å². The maximum atomic E-state index is 11.4. The van der Waals surface area contributed by atoms with Gasteiger partial charge in [-0.25, -0.2) is 4.57 Å². The quantitative estimate of drug-likeness (QED) is 0.500. The van der Waals surface area contributed by atoms with Crippen LogP contribution in [0, 0.1) is 0 Å². The summed E-state index contributed by atoms with van der Waals surface area (Å²) in [6.45, 7) is 4.79. The molecule has 0 saturated heterocycles. The molecule has 0 saturated carbocycles. The number of ether oxygens (including phenoxy) is 1. The number of fused-ring (bicyclic) bond motifs is 8. The van der Waals surface area contributed by atoms with E-state index in [-0.39, 0.29) is 23.3 Å². The molecule has 2 amide bonds. The van der Waals surface area contributed by atoms with E-state index in [1.54, 1.807) is 11.3 Å². The smallest absolute Gasteiger partial charge is 0.241 e. The van der Waals surface area contributed by atoms with Crippen molar-refractivity contribution >= 4 is 57.8 Å². The predicted molar refractivity (Wildman–Crippen MR) is 124 cm³/mol. The summed E-state index contributed by atoms with van der Waals surface area (Å²) in [7, 11) is 0. The zero-order valence-electron chi connectivity index (χ0n) is 17.5. The molecule has 0 aromatic carbocycles. The Kier molecular flexibility index (Phi) is 5.34. The number of nitrogens with two attached hydrogens (primary N) is 2. The number of thioether (sulfide) groups is 2. The van der Waals surface area contributed by atoms with Crippen molar-refractivity contribution < 1.29 is 14.3 Å². The molecule has 5 heterocycles. The van der Waals surface area contributed by atoms with Gasteiger partial charge in [-0.3, -0.25) is 19.9 Å². The number of aromatic nitrogens is 3. The Bertz CT molecular complexity index is 1140. The molecule has 0 aliphatic carbocycles. The van der Waals surface area contributed by atoms with Crippen LogP contribution in [0.3, 0.4) is 0 Å². The van der Waals surface area contributed by atoms with Crippen molar-refractivity contribution in [1.82, 2.24) is 20.2 Å². The number of amidine groups is 1. The molecule has 0 spiro atoms. The van der Waals surface area contributed by atoms with E-state index in [0.717, 1.165) is 28.3 Å². The first-order valence-electron chi connectivity index (χ1n) is 10.00. The lowest BCUT2D eigenvalue weighted by atomic mass is 9.88. The van der Waals surface area contributed by atoms with Crippen LogP contribution in [-0.4, -0.2) is 48.9 Å². The molecule has 2 aromatic heterocycles. The third-order valence-corrected chi connectivity index (χ3v) is 8.84. The number of nitrogens with zero attached hydrogens (tertiary/aromatic N) is 5. The lowest BCUT2D eigenvalue weighted by Crippen LogP contribution is -2.40. The molecule has 3 aliphatic heterocycles. The van der Waals surface area contributed by atoms with Gasteiger partial charge in [0, 0.05) is 16.9 Å². The number of thiophene rings is 1. The highest BCUT2D eigenvalue weighted by Crippen LogP contribution is 2.50. The van der Waals surface area contributed by atoms with E-state index in [1.165, 1.54) is 29.1 Å². The fraction of sp³-hybridized carbons (Fsp3) is 0.500. The summed E-state index contributed by atoms with van der Waals surface area (Å²) >= 11 is 4.13. The van der Waals surface area contributed by atoms with Crippen molar-refractivity contribution in [2.24, 2.45) is 16.6 Å². The fourth-order valence-electron chi connectivity index (χ4n) is 3.96. The second-order valence-corrected chi connectivity index (χ2v) is 10.9. The maximum Gasteiger partial charge on any atom is 0.241 e. The van der Waals surface area contributed by atoms with Gasteiger partial charge in [0.15, 0.2) is 16.5 Å². The molecule has 1 unspecified atom stereocenters. The van der Waals surface area contributed by atoms with Crippen molar-refractivity contribution in [2.45, 2.75) is 50.2 Å². The van der Waals surface area contributed by atoms with Crippen LogP contribution in [0.5, 0.6) is 0 Å². The van der Waals surface area contributed by atoms with Gasteiger partial charge in [0.05, 0.1) is 23.7 Å². The maximum absolute atomic E-state index is 11.4. The first-order valence-corrected chi connectivity index (χ1v) is 12.8. The molecule has 170 valence electrons. The van der Waals surface area contributed by atoms with Crippen molar-refractivity contribution in [3.63, 3.8) is 0 Å². The van der Waals surface area contributed by atoms with E-state index < -0.39 is 11.8 Å². The van der Waals surface area contributed by atoms with Crippen molar-refractivity contribution in [1.29, 1.82) is 0 Å². The van der Waals surface area contributed by atoms with Crippen molar-refractivity contribution in [3.8, 4) is 5.00 Å². The number of primary amides is 2. The standard InChI is InChI=1S/C18H22N8O3S3/c1-3-18(2)4-8-9(5-29-18)32-14-12(8)13-21-23-16(30-6-10(19)27)25(13)15-22-24-17(26(14)15)31-7-11(20)28/h13,21H,3-7H2,1-2H3,(H2,19,27)(H2,20,28)/t13?,18-/m0/s1. The van der Waals surface area contributed by atoms with Gasteiger partial charge in [0.25, 0.3) is 0 Å². The molecule has 3 aliphatic rings. The Morgan fingerprint density at radius 2 is 2.03 bits per heavy atom. The lowest BCUT2D eigenvalue weighted by Gasteiger charge is -2.35. The van der Waals surface area contributed by atoms with Gasteiger partial charge < -0.3 is 16.2 Å². The Balaban J connectivity index is 1.63. The van der Waals surface area contributed by atoms with E-state index in [1.807, 2.05) is 9.47 Å². The zero-order valence-corrected chi connectivity index (χ0v) is 19.9. The number of hydrazone groups is 1.